The van der Waals surface area contributed by atoms with E-state index in [0.717, 1.165) is 12.8 Å². The van der Waals surface area contributed by atoms with E-state index < -0.39 is 0 Å². The Labute approximate surface area is 100 Å². The molecule has 0 aromatic heterocycles. The largest absolute Gasteiger partial charge is 0.393 e. The minimum Gasteiger partial charge on any atom is -0.393 e. The van der Waals surface area contributed by atoms with Crippen molar-refractivity contribution in [2.45, 2.75) is 53.6 Å². The van der Waals surface area contributed by atoms with E-state index in [1.807, 2.05) is 0 Å². The summed E-state index contributed by atoms with van der Waals surface area (Å²) in [6.07, 6.45) is 8.52. The number of rotatable bonds is 4. The lowest BCUT2D eigenvalue weighted by molar-refractivity contribution is 0.128. The van der Waals surface area contributed by atoms with E-state index in [1.54, 1.807) is 0 Å². The molecule has 1 N–H and O–H groups in total. The van der Waals surface area contributed by atoms with Crippen LogP contribution in [-0.4, -0.2) is 11.2 Å². The molecule has 0 heterocycles. The van der Waals surface area contributed by atoms with Crippen molar-refractivity contribution in [2.24, 2.45) is 17.3 Å². The first kappa shape index (κ1) is 13.5. The van der Waals surface area contributed by atoms with Crippen molar-refractivity contribution in [1.82, 2.24) is 0 Å². The summed E-state index contributed by atoms with van der Waals surface area (Å²) in [7, 11) is 0. The maximum atomic E-state index is 9.72. The van der Waals surface area contributed by atoms with E-state index in [-0.39, 0.29) is 6.10 Å². The highest BCUT2D eigenvalue weighted by atomic mass is 16.3. The predicted molar refractivity (Wildman–Crippen MR) is 70.2 cm³/mol. The molecule has 0 aromatic carbocycles. The van der Waals surface area contributed by atoms with Gasteiger partial charge < -0.3 is 5.11 Å². The molecule has 0 amide bonds. The van der Waals surface area contributed by atoms with Crippen molar-refractivity contribution in [3.05, 3.63) is 23.8 Å². The molecule has 2 atom stereocenters. The van der Waals surface area contributed by atoms with Gasteiger partial charge in [0.25, 0.3) is 0 Å². The van der Waals surface area contributed by atoms with Crippen LogP contribution in [0, 0.1) is 17.3 Å². The van der Waals surface area contributed by atoms with Crippen molar-refractivity contribution in [1.29, 1.82) is 0 Å². The maximum absolute atomic E-state index is 9.72. The second-order valence-electron chi connectivity index (χ2n) is 5.93. The van der Waals surface area contributed by atoms with Gasteiger partial charge in [-0.1, -0.05) is 51.5 Å². The first-order valence-corrected chi connectivity index (χ1v) is 6.37. The Morgan fingerprint density at radius 2 is 2.12 bits per heavy atom. The Bertz CT molecular complexity index is 284. The Balaban J connectivity index is 2.48. The lowest BCUT2D eigenvalue weighted by atomic mass is 9.77. The minimum absolute atomic E-state index is 0.199. The number of hydrogen-bond donors (Lipinski definition) is 1. The van der Waals surface area contributed by atoms with E-state index in [4.69, 9.17) is 0 Å². The fourth-order valence-electron chi connectivity index (χ4n) is 2.13. The van der Waals surface area contributed by atoms with Gasteiger partial charge in [0.15, 0.2) is 0 Å². The second kappa shape index (κ2) is 5.18. The Kier molecular flexibility index (Phi) is 4.37. The first-order valence-electron chi connectivity index (χ1n) is 6.37. The van der Waals surface area contributed by atoms with Gasteiger partial charge in [0.2, 0.25) is 0 Å². The van der Waals surface area contributed by atoms with Crippen LogP contribution in [0.5, 0.6) is 0 Å². The lowest BCUT2D eigenvalue weighted by Crippen LogP contribution is -2.19. The molecule has 1 unspecified atom stereocenters. The van der Waals surface area contributed by atoms with Crippen molar-refractivity contribution in [2.75, 3.05) is 0 Å². The van der Waals surface area contributed by atoms with E-state index in [2.05, 4.69) is 52.8 Å². The van der Waals surface area contributed by atoms with Crippen LogP contribution < -0.4 is 0 Å². The zero-order valence-electron chi connectivity index (χ0n) is 11.3. The molecular formula is C15H26O. The van der Waals surface area contributed by atoms with Crippen LogP contribution in [0.3, 0.4) is 0 Å². The molecule has 1 aliphatic rings. The smallest absolute Gasteiger partial charge is 0.0597 e. The normalized spacial score (nSPS) is 26.4. The van der Waals surface area contributed by atoms with E-state index in [0.29, 0.717) is 17.3 Å². The Morgan fingerprint density at radius 3 is 2.56 bits per heavy atom. The summed E-state index contributed by atoms with van der Waals surface area (Å²) in [5.41, 5.74) is 1.78. The SMILES string of the molecule is CC1=CC[C@H](/C=C/CC(O)C(C)C)C1(C)C. The molecule has 1 heteroatoms. The topological polar surface area (TPSA) is 20.2 Å². The van der Waals surface area contributed by atoms with Gasteiger partial charge in [0.05, 0.1) is 6.10 Å². The number of allylic oxidation sites excluding steroid dienone is 3. The Morgan fingerprint density at radius 1 is 1.50 bits per heavy atom. The average molecular weight is 222 g/mol. The molecular weight excluding hydrogens is 196 g/mol. The Hall–Kier alpha value is -0.560. The van der Waals surface area contributed by atoms with Gasteiger partial charge in [0, 0.05) is 0 Å². The van der Waals surface area contributed by atoms with Gasteiger partial charge in [-0.05, 0) is 37.0 Å². The van der Waals surface area contributed by atoms with Gasteiger partial charge in [0.1, 0.15) is 0 Å². The highest BCUT2D eigenvalue weighted by Crippen LogP contribution is 2.43. The lowest BCUT2D eigenvalue weighted by Gasteiger charge is -2.27. The van der Waals surface area contributed by atoms with Crippen LogP contribution >= 0.6 is 0 Å². The molecule has 1 aliphatic carbocycles. The van der Waals surface area contributed by atoms with Crippen LogP contribution in [-0.2, 0) is 0 Å². The molecule has 0 saturated heterocycles. The zero-order chi connectivity index (χ0) is 12.3. The van der Waals surface area contributed by atoms with Gasteiger partial charge in [-0.25, -0.2) is 0 Å². The minimum atomic E-state index is -0.199. The predicted octanol–water partition coefficient (Wildman–Crippen LogP) is 3.94. The third kappa shape index (κ3) is 2.98. The average Bonchev–Trinajstić information content (AvgIpc) is 2.44. The zero-order valence-corrected chi connectivity index (χ0v) is 11.3. The van der Waals surface area contributed by atoms with Crippen LogP contribution in [0.2, 0.25) is 0 Å². The fraction of sp³-hybridized carbons (Fsp3) is 0.733. The molecule has 0 spiro atoms. The first-order chi connectivity index (χ1) is 7.35. The number of aliphatic hydroxyl groups excluding tert-OH is 1. The fourth-order valence-corrected chi connectivity index (χ4v) is 2.13. The molecule has 0 saturated carbocycles. The summed E-state index contributed by atoms with van der Waals surface area (Å²) in [5.74, 6) is 0.952. The molecule has 16 heavy (non-hydrogen) atoms. The molecule has 0 fully saturated rings. The number of hydrogen-bond acceptors (Lipinski definition) is 1. The molecule has 1 rings (SSSR count). The quantitative estimate of drug-likeness (QED) is 0.714. The van der Waals surface area contributed by atoms with E-state index >= 15 is 0 Å². The van der Waals surface area contributed by atoms with Crippen molar-refractivity contribution in [3.8, 4) is 0 Å². The van der Waals surface area contributed by atoms with E-state index in [1.165, 1.54) is 5.57 Å². The molecule has 92 valence electrons. The van der Waals surface area contributed by atoms with Gasteiger partial charge in [-0.2, -0.15) is 0 Å². The van der Waals surface area contributed by atoms with Gasteiger partial charge >= 0.3 is 0 Å². The van der Waals surface area contributed by atoms with Crippen molar-refractivity contribution >= 4 is 0 Å². The van der Waals surface area contributed by atoms with Gasteiger partial charge in [-0.15, -0.1) is 0 Å². The summed E-state index contributed by atoms with van der Waals surface area (Å²) in [5, 5.41) is 9.72. The van der Waals surface area contributed by atoms with Crippen LogP contribution in [0.15, 0.2) is 23.8 Å². The highest BCUT2D eigenvalue weighted by Gasteiger charge is 2.32. The van der Waals surface area contributed by atoms with Crippen LogP contribution in [0.4, 0.5) is 0 Å². The third-order valence-electron chi connectivity index (χ3n) is 4.14. The summed E-state index contributed by atoms with van der Waals surface area (Å²) in [6, 6.07) is 0. The summed E-state index contributed by atoms with van der Waals surface area (Å²) in [4.78, 5) is 0. The van der Waals surface area contributed by atoms with Gasteiger partial charge in [-0.3, -0.25) is 0 Å². The maximum Gasteiger partial charge on any atom is 0.0597 e. The monoisotopic (exact) mass is 222 g/mol. The number of aliphatic hydroxyl groups is 1. The molecule has 0 aliphatic heterocycles. The molecule has 0 radical (unpaired) electrons. The molecule has 0 bridgehead atoms. The highest BCUT2D eigenvalue weighted by molar-refractivity contribution is 5.21. The molecule has 1 nitrogen and oxygen atoms in total. The van der Waals surface area contributed by atoms with E-state index in [9.17, 15) is 5.11 Å². The van der Waals surface area contributed by atoms with Crippen molar-refractivity contribution < 1.29 is 5.11 Å². The summed E-state index contributed by atoms with van der Waals surface area (Å²) >= 11 is 0. The summed E-state index contributed by atoms with van der Waals surface area (Å²) < 4.78 is 0. The standard InChI is InChI=1S/C15H26O/c1-11(2)14(16)8-6-7-13-10-9-12(3)15(13,4)5/h6-7,9,11,13-14,16H,8,10H2,1-5H3/b7-6+/t13-,14?/m0/s1. The third-order valence-corrected chi connectivity index (χ3v) is 4.14. The second-order valence-corrected chi connectivity index (χ2v) is 5.93. The van der Waals surface area contributed by atoms with Crippen molar-refractivity contribution in [3.63, 3.8) is 0 Å². The van der Waals surface area contributed by atoms with Crippen LogP contribution in [0.1, 0.15) is 47.5 Å². The molecule has 0 aromatic rings. The van der Waals surface area contributed by atoms with Crippen LogP contribution in [0.25, 0.3) is 0 Å². The summed E-state index contributed by atoms with van der Waals surface area (Å²) in [6.45, 7) is 10.9.